The Kier molecular flexibility index (Phi) is 4.58. The zero-order valence-corrected chi connectivity index (χ0v) is 18.5. The fraction of sp³-hybridized carbons (Fsp3) is 0. The molecule has 0 saturated heterocycles. The van der Waals surface area contributed by atoms with Crippen molar-refractivity contribution in [3.8, 4) is 11.1 Å². The molecule has 166 valence electrons. The number of benzene rings is 1. The lowest BCUT2D eigenvalue weighted by molar-refractivity contribution is 0.483. The van der Waals surface area contributed by atoms with Gasteiger partial charge < -0.3 is 9.97 Å². The van der Waals surface area contributed by atoms with Gasteiger partial charge in [0, 0.05) is 27.6 Å². The largest absolute Gasteiger partial charge is 0.355 e. The summed E-state index contributed by atoms with van der Waals surface area (Å²) in [6.07, 6.45) is 7.80. The molecule has 3 N–H and O–H groups in total. The number of H-pyrrole nitrogens is 2. The first-order valence-electron chi connectivity index (χ1n) is 10.6. The summed E-state index contributed by atoms with van der Waals surface area (Å²) in [7, 11) is -4.28. The number of aromatic nitrogens is 4. The first-order valence-corrected chi connectivity index (χ1v) is 12.0. The van der Waals surface area contributed by atoms with Crippen LogP contribution in [0.1, 0.15) is 22.8 Å². The van der Waals surface area contributed by atoms with Crippen LogP contribution in [0.4, 0.5) is 0 Å². The summed E-state index contributed by atoms with van der Waals surface area (Å²) in [6, 6.07) is 19.9. The lowest BCUT2D eigenvalue weighted by Crippen LogP contribution is -1.97. The third kappa shape index (κ3) is 3.85. The van der Waals surface area contributed by atoms with Crippen LogP contribution in [0.2, 0.25) is 0 Å². The van der Waals surface area contributed by atoms with Crippen LogP contribution in [0.15, 0.2) is 71.6 Å². The second kappa shape index (κ2) is 7.65. The maximum Gasteiger partial charge on any atom is 0.294 e. The minimum atomic E-state index is -4.28. The molecule has 8 bridgehead atoms. The van der Waals surface area contributed by atoms with E-state index in [0.29, 0.717) is 0 Å². The fourth-order valence-corrected chi connectivity index (χ4v) is 4.59. The van der Waals surface area contributed by atoms with Gasteiger partial charge in [0.2, 0.25) is 0 Å². The first kappa shape index (κ1) is 20.3. The normalized spacial score (nSPS) is 12.9. The highest BCUT2D eigenvalue weighted by Crippen LogP contribution is 2.30. The average Bonchev–Trinajstić information content (AvgIpc) is 3.59. The second-order valence-electron chi connectivity index (χ2n) is 8.05. The van der Waals surface area contributed by atoms with Crippen LogP contribution in [0, 0.1) is 0 Å². The van der Waals surface area contributed by atoms with Crippen LogP contribution in [0.5, 0.6) is 0 Å². The molecule has 5 heterocycles. The van der Waals surface area contributed by atoms with Crippen LogP contribution in [-0.2, 0) is 10.1 Å². The molecule has 0 unspecified atom stereocenters. The highest BCUT2D eigenvalue weighted by Gasteiger charge is 2.13. The quantitative estimate of drug-likeness (QED) is 0.289. The van der Waals surface area contributed by atoms with E-state index in [2.05, 4.69) is 15.0 Å². The summed E-state index contributed by atoms with van der Waals surface area (Å²) in [6.45, 7) is 0. The number of rotatable bonds is 2. The molecule has 0 fully saturated rings. The molecular formula is C26H18N4O3S. The molecule has 6 rings (SSSR count). The first-order chi connectivity index (χ1) is 16.4. The van der Waals surface area contributed by atoms with E-state index in [9.17, 15) is 13.0 Å². The summed E-state index contributed by atoms with van der Waals surface area (Å²) in [5.41, 5.74) is 8.35. The summed E-state index contributed by atoms with van der Waals surface area (Å²) >= 11 is 0. The minimum Gasteiger partial charge on any atom is -0.355 e. The lowest BCUT2D eigenvalue weighted by atomic mass is 10.0. The zero-order valence-electron chi connectivity index (χ0n) is 17.7. The number of nitrogens with zero attached hydrogens (tertiary/aromatic N) is 2. The van der Waals surface area contributed by atoms with Crippen molar-refractivity contribution in [3.63, 3.8) is 0 Å². The Bertz CT molecular complexity index is 1780. The number of hydrogen-bond acceptors (Lipinski definition) is 4. The van der Waals surface area contributed by atoms with E-state index < -0.39 is 10.1 Å². The van der Waals surface area contributed by atoms with Gasteiger partial charge in [-0.1, -0.05) is 12.1 Å². The molecule has 7 nitrogen and oxygen atoms in total. The predicted molar refractivity (Wildman–Crippen MR) is 134 cm³/mol. The molecule has 1 aromatic carbocycles. The maximum atomic E-state index is 11.5. The number of nitrogens with one attached hydrogen (secondary N) is 2. The molecule has 0 radical (unpaired) electrons. The van der Waals surface area contributed by atoms with Gasteiger partial charge in [-0.25, -0.2) is 9.97 Å². The Hall–Kier alpha value is -4.27. The van der Waals surface area contributed by atoms with E-state index in [-0.39, 0.29) is 4.90 Å². The maximum absolute atomic E-state index is 11.5. The molecular weight excluding hydrogens is 448 g/mol. The van der Waals surface area contributed by atoms with Crippen molar-refractivity contribution in [2.75, 3.05) is 0 Å². The molecule has 34 heavy (non-hydrogen) atoms. The lowest BCUT2D eigenvalue weighted by Gasteiger charge is -2.05. The van der Waals surface area contributed by atoms with Gasteiger partial charge in [0.25, 0.3) is 10.1 Å². The Labute approximate surface area is 194 Å². The van der Waals surface area contributed by atoms with Crippen LogP contribution in [0.3, 0.4) is 0 Å². The van der Waals surface area contributed by atoms with E-state index >= 15 is 0 Å². The van der Waals surface area contributed by atoms with Gasteiger partial charge in [0.05, 0.1) is 27.7 Å². The van der Waals surface area contributed by atoms with E-state index in [1.165, 1.54) is 12.1 Å². The highest BCUT2D eigenvalue weighted by atomic mass is 32.2. The number of fused-ring (bicyclic) bond motifs is 8. The summed E-state index contributed by atoms with van der Waals surface area (Å²) in [4.78, 5) is 16.1. The topological polar surface area (TPSA) is 112 Å². The molecule has 4 aromatic rings. The molecule has 0 amide bonds. The third-order valence-electron chi connectivity index (χ3n) is 5.66. The fourth-order valence-electron chi connectivity index (χ4n) is 4.11. The zero-order chi connectivity index (χ0) is 23.3. The SMILES string of the molecule is O=S(=O)(O)c1ccc(-c2c3nc(cc4ccc(cc5nc(cc6ccc2[nH]6)C=C5)[nH]4)C=C3)cc1. The molecule has 0 spiro atoms. The predicted octanol–water partition coefficient (Wildman–Crippen LogP) is 5.57. The van der Waals surface area contributed by atoms with E-state index in [1.54, 1.807) is 12.1 Å². The Balaban J connectivity index is 1.66. The van der Waals surface area contributed by atoms with Crippen LogP contribution >= 0.6 is 0 Å². The number of aromatic amines is 2. The van der Waals surface area contributed by atoms with Crippen molar-refractivity contribution < 1.29 is 13.0 Å². The minimum absolute atomic E-state index is 0.160. The van der Waals surface area contributed by atoms with Gasteiger partial charge in [-0.3, -0.25) is 4.55 Å². The standard InChI is InChI=1S/C26H18N4O3S/c31-34(32,33)23-9-1-16(2-10-23)26-24-11-7-21(29-24)14-19-5-3-17(27-19)13-18-4-6-20(28-18)15-22-8-12-25(26)30-22/h1-15,27,30H,(H,31,32,33). The highest BCUT2D eigenvalue weighted by molar-refractivity contribution is 7.85. The Morgan fingerprint density at radius 2 is 1.21 bits per heavy atom. The average molecular weight is 467 g/mol. The van der Waals surface area contributed by atoms with Gasteiger partial charge in [-0.2, -0.15) is 8.42 Å². The van der Waals surface area contributed by atoms with Crippen molar-refractivity contribution in [2.45, 2.75) is 4.90 Å². The summed E-state index contributed by atoms with van der Waals surface area (Å²) < 4.78 is 32.4. The van der Waals surface area contributed by atoms with Crippen LogP contribution in [-0.4, -0.2) is 32.9 Å². The second-order valence-corrected chi connectivity index (χ2v) is 9.48. The van der Waals surface area contributed by atoms with Gasteiger partial charge in [-0.05, 0) is 84.5 Å². The molecule has 2 aliphatic rings. The van der Waals surface area contributed by atoms with E-state index in [1.807, 2.05) is 66.8 Å². The van der Waals surface area contributed by atoms with Gasteiger partial charge in [0.15, 0.2) is 0 Å². The molecule has 0 atom stereocenters. The third-order valence-corrected chi connectivity index (χ3v) is 6.53. The molecule has 0 aliphatic carbocycles. The van der Waals surface area contributed by atoms with Gasteiger partial charge in [0.1, 0.15) is 0 Å². The summed E-state index contributed by atoms with van der Waals surface area (Å²) in [5, 5.41) is 0. The van der Waals surface area contributed by atoms with E-state index in [0.717, 1.165) is 56.0 Å². The van der Waals surface area contributed by atoms with Crippen molar-refractivity contribution in [2.24, 2.45) is 0 Å². The van der Waals surface area contributed by atoms with E-state index in [4.69, 9.17) is 4.98 Å². The van der Waals surface area contributed by atoms with Crippen molar-refractivity contribution in [1.29, 1.82) is 0 Å². The van der Waals surface area contributed by atoms with Gasteiger partial charge >= 0.3 is 0 Å². The molecule has 0 saturated carbocycles. The Morgan fingerprint density at radius 3 is 1.85 bits per heavy atom. The van der Waals surface area contributed by atoms with Crippen molar-refractivity contribution >= 4 is 56.5 Å². The Morgan fingerprint density at radius 1 is 0.647 bits per heavy atom. The van der Waals surface area contributed by atoms with Crippen LogP contribution in [0.25, 0.3) is 57.5 Å². The van der Waals surface area contributed by atoms with Gasteiger partial charge in [-0.15, -0.1) is 0 Å². The number of hydrogen-bond donors (Lipinski definition) is 3. The summed E-state index contributed by atoms with van der Waals surface area (Å²) in [5.74, 6) is 0. The molecule has 3 aromatic heterocycles. The molecule has 2 aliphatic heterocycles. The van der Waals surface area contributed by atoms with Crippen LogP contribution < -0.4 is 0 Å². The monoisotopic (exact) mass is 466 g/mol. The van der Waals surface area contributed by atoms with Crippen molar-refractivity contribution in [3.05, 3.63) is 89.5 Å². The smallest absolute Gasteiger partial charge is 0.294 e. The molecule has 8 heteroatoms. The van der Waals surface area contributed by atoms with Crippen molar-refractivity contribution in [1.82, 2.24) is 19.9 Å².